The summed E-state index contributed by atoms with van der Waals surface area (Å²) in [6.07, 6.45) is 4.06. The molecule has 2 rings (SSSR count). The Morgan fingerprint density at radius 3 is 2.75 bits per heavy atom. The average molecular weight is 222 g/mol. The molecule has 0 aromatic heterocycles. The van der Waals surface area contributed by atoms with E-state index in [4.69, 9.17) is 0 Å². The Morgan fingerprint density at radius 1 is 1.19 bits per heavy atom. The summed E-state index contributed by atoms with van der Waals surface area (Å²) in [5.41, 5.74) is 1.21. The lowest BCUT2D eigenvalue weighted by atomic mass is 9.93. The Bertz CT molecular complexity index is 449. The molecule has 1 aliphatic rings. The Labute approximate surface area is 92.8 Å². The molecule has 0 atom stereocenters. The first kappa shape index (κ1) is 11.0. The molecular weight excluding hydrogens is 210 g/mol. The van der Waals surface area contributed by atoms with Gasteiger partial charge in [0.1, 0.15) is 0 Å². The summed E-state index contributed by atoms with van der Waals surface area (Å²) in [6, 6.07) is 4.14. The fourth-order valence-corrected chi connectivity index (χ4v) is 1.93. The third-order valence-electron chi connectivity index (χ3n) is 2.74. The largest absolute Gasteiger partial charge is 0.295 e. The molecule has 0 saturated heterocycles. The number of carbonyl (C=O) groups is 1. The monoisotopic (exact) mass is 222 g/mol. The second-order valence-electron chi connectivity index (χ2n) is 4.01. The van der Waals surface area contributed by atoms with Crippen LogP contribution in [0.2, 0.25) is 0 Å². The minimum absolute atomic E-state index is 0.0815. The van der Waals surface area contributed by atoms with Gasteiger partial charge in [-0.1, -0.05) is 17.7 Å². The van der Waals surface area contributed by atoms with Crippen molar-refractivity contribution in [2.24, 2.45) is 0 Å². The summed E-state index contributed by atoms with van der Waals surface area (Å²) < 4.78 is 26.3. The van der Waals surface area contributed by atoms with Crippen LogP contribution in [0.1, 0.15) is 24.8 Å². The summed E-state index contributed by atoms with van der Waals surface area (Å²) in [5, 5.41) is 0. The predicted molar refractivity (Wildman–Crippen MR) is 57.0 cm³/mol. The van der Waals surface area contributed by atoms with E-state index in [9.17, 15) is 13.6 Å². The number of benzene rings is 1. The summed E-state index contributed by atoms with van der Waals surface area (Å²) in [7, 11) is 0. The minimum Gasteiger partial charge on any atom is -0.295 e. The van der Waals surface area contributed by atoms with E-state index in [0.29, 0.717) is 18.4 Å². The van der Waals surface area contributed by atoms with Gasteiger partial charge in [-0.25, -0.2) is 8.78 Å². The van der Waals surface area contributed by atoms with Crippen LogP contribution in [-0.2, 0) is 11.2 Å². The molecule has 3 heteroatoms. The van der Waals surface area contributed by atoms with Crippen LogP contribution < -0.4 is 0 Å². The Morgan fingerprint density at radius 2 is 2.00 bits per heavy atom. The second-order valence-corrected chi connectivity index (χ2v) is 4.01. The molecule has 0 bridgehead atoms. The minimum atomic E-state index is -0.833. The maximum Gasteiger partial charge on any atom is 0.162 e. The van der Waals surface area contributed by atoms with Crippen molar-refractivity contribution in [2.75, 3.05) is 0 Å². The van der Waals surface area contributed by atoms with Crippen molar-refractivity contribution >= 4 is 5.78 Å². The maximum atomic E-state index is 13.4. The average Bonchev–Trinajstić information content (AvgIpc) is 2.25. The molecule has 84 valence electrons. The molecule has 0 N–H and O–H groups in total. The fraction of sp³-hybridized carbons (Fsp3) is 0.308. The van der Waals surface area contributed by atoms with E-state index in [2.05, 4.69) is 0 Å². The predicted octanol–water partition coefficient (Wildman–Crippen LogP) is 3.19. The molecule has 0 unspecified atom stereocenters. The van der Waals surface area contributed by atoms with Crippen molar-refractivity contribution < 1.29 is 13.6 Å². The van der Waals surface area contributed by atoms with Crippen LogP contribution in [0.4, 0.5) is 8.78 Å². The quantitative estimate of drug-likeness (QED) is 0.751. The molecule has 1 aromatic rings. The highest BCUT2D eigenvalue weighted by Gasteiger charge is 2.13. The van der Waals surface area contributed by atoms with Gasteiger partial charge in [-0.05, 0) is 37.0 Å². The molecule has 0 fully saturated rings. The maximum absolute atomic E-state index is 13.4. The third kappa shape index (κ3) is 2.35. The number of ketones is 1. The molecule has 16 heavy (non-hydrogen) atoms. The van der Waals surface area contributed by atoms with Gasteiger partial charge in [-0.2, -0.15) is 0 Å². The highest BCUT2D eigenvalue weighted by Crippen LogP contribution is 2.21. The molecule has 0 spiro atoms. The van der Waals surface area contributed by atoms with Crippen molar-refractivity contribution in [1.82, 2.24) is 0 Å². The van der Waals surface area contributed by atoms with Crippen LogP contribution in [0.15, 0.2) is 29.8 Å². The second kappa shape index (κ2) is 4.56. The Balaban J connectivity index is 2.21. The summed E-state index contributed by atoms with van der Waals surface area (Å²) >= 11 is 0. The molecule has 0 radical (unpaired) electrons. The van der Waals surface area contributed by atoms with Crippen molar-refractivity contribution in [3.63, 3.8) is 0 Å². The number of hydrogen-bond acceptors (Lipinski definition) is 1. The SMILES string of the molecule is O=C1C=C(Cc2cccc(F)c2F)CCC1. The van der Waals surface area contributed by atoms with Gasteiger partial charge in [-0.15, -0.1) is 0 Å². The van der Waals surface area contributed by atoms with Crippen molar-refractivity contribution in [2.45, 2.75) is 25.7 Å². The number of hydrogen-bond donors (Lipinski definition) is 0. The normalized spacial score (nSPS) is 16.1. The van der Waals surface area contributed by atoms with Gasteiger partial charge in [0.05, 0.1) is 0 Å². The highest BCUT2D eigenvalue weighted by molar-refractivity contribution is 5.91. The van der Waals surface area contributed by atoms with Crippen LogP contribution in [-0.4, -0.2) is 5.78 Å². The lowest BCUT2D eigenvalue weighted by Gasteiger charge is -2.12. The molecule has 0 amide bonds. The Kier molecular flexibility index (Phi) is 3.13. The number of carbonyl (C=O) groups excluding carboxylic acids is 1. The molecular formula is C13H12F2O. The first-order valence-electron chi connectivity index (χ1n) is 5.32. The van der Waals surface area contributed by atoms with Gasteiger partial charge in [0.2, 0.25) is 0 Å². The first-order chi connectivity index (χ1) is 7.66. The standard InChI is InChI=1S/C13H12F2O/c14-12-6-2-4-10(13(12)15)7-9-3-1-5-11(16)8-9/h2,4,6,8H,1,3,5,7H2. The van der Waals surface area contributed by atoms with Gasteiger partial charge in [0.15, 0.2) is 17.4 Å². The third-order valence-corrected chi connectivity index (χ3v) is 2.74. The Hall–Kier alpha value is -1.51. The van der Waals surface area contributed by atoms with Gasteiger partial charge in [0, 0.05) is 6.42 Å². The van der Waals surface area contributed by atoms with E-state index >= 15 is 0 Å². The van der Waals surface area contributed by atoms with E-state index in [1.165, 1.54) is 6.07 Å². The van der Waals surface area contributed by atoms with E-state index in [0.717, 1.165) is 24.5 Å². The van der Waals surface area contributed by atoms with Crippen LogP contribution in [0.5, 0.6) is 0 Å². The van der Waals surface area contributed by atoms with Gasteiger partial charge >= 0.3 is 0 Å². The van der Waals surface area contributed by atoms with Crippen molar-refractivity contribution in [1.29, 1.82) is 0 Å². The molecule has 0 heterocycles. The van der Waals surface area contributed by atoms with E-state index in [-0.39, 0.29) is 5.78 Å². The lowest BCUT2D eigenvalue weighted by molar-refractivity contribution is -0.115. The molecule has 1 aliphatic carbocycles. The molecule has 0 aliphatic heterocycles. The van der Waals surface area contributed by atoms with Gasteiger partial charge in [-0.3, -0.25) is 4.79 Å². The van der Waals surface area contributed by atoms with Gasteiger partial charge in [0.25, 0.3) is 0 Å². The van der Waals surface area contributed by atoms with E-state index in [1.54, 1.807) is 12.1 Å². The highest BCUT2D eigenvalue weighted by atomic mass is 19.2. The topological polar surface area (TPSA) is 17.1 Å². The van der Waals surface area contributed by atoms with Crippen molar-refractivity contribution in [3.05, 3.63) is 47.0 Å². The zero-order valence-corrected chi connectivity index (χ0v) is 8.80. The number of allylic oxidation sites excluding steroid dienone is 2. The van der Waals surface area contributed by atoms with Gasteiger partial charge < -0.3 is 0 Å². The lowest BCUT2D eigenvalue weighted by Crippen LogP contribution is -2.05. The first-order valence-corrected chi connectivity index (χ1v) is 5.32. The van der Waals surface area contributed by atoms with Crippen LogP contribution in [0.3, 0.4) is 0 Å². The van der Waals surface area contributed by atoms with Crippen LogP contribution >= 0.6 is 0 Å². The van der Waals surface area contributed by atoms with E-state index < -0.39 is 11.6 Å². The van der Waals surface area contributed by atoms with Crippen molar-refractivity contribution in [3.8, 4) is 0 Å². The van der Waals surface area contributed by atoms with E-state index in [1.807, 2.05) is 0 Å². The number of rotatable bonds is 2. The molecule has 0 saturated carbocycles. The number of halogens is 2. The molecule has 1 aromatic carbocycles. The smallest absolute Gasteiger partial charge is 0.162 e. The van der Waals surface area contributed by atoms with Crippen LogP contribution in [0.25, 0.3) is 0 Å². The summed E-state index contributed by atoms with van der Waals surface area (Å²) in [5.74, 6) is -1.56. The zero-order chi connectivity index (χ0) is 11.5. The molecule has 1 nitrogen and oxygen atoms in total. The summed E-state index contributed by atoms with van der Waals surface area (Å²) in [4.78, 5) is 11.2. The zero-order valence-electron chi connectivity index (χ0n) is 8.80. The summed E-state index contributed by atoms with van der Waals surface area (Å²) in [6.45, 7) is 0. The van der Waals surface area contributed by atoms with Crippen LogP contribution in [0, 0.1) is 11.6 Å². The fourth-order valence-electron chi connectivity index (χ4n) is 1.93.